The summed E-state index contributed by atoms with van der Waals surface area (Å²) in [6.07, 6.45) is 0.174. The van der Waals surface area contributed by atoms with E-state index in [1.54, 1.807) is 0 Å². The molecule has 0 spiro atoms. The average molecular weight is 250 g/mol. The number of carbonyl (C=O) groups excluding carboxylic acids is 1. The predicted octanol–water partition coefficient (Wildman–Crippen LogP) is 1.54. The number of hydrogen-bond donors (Lipinski definition) is 2. The van der Waals surface area contributed by atoms with Crippen molar-refractivity contribution in [2.24, 2.45) is 5.73 Å². The van der Waals surface area contributed by atoms with Gasteiger partial charge in [-0.15, -0.1) is 0 Å². The summed E-state index contributed by atoms with van der Waals surface area (Å²) >= 11 is 0. The van der Waals surface area contributed by atoms with Crippen LogP contribution in [0.2, 0.25) is 0 Å². The second kappa shape index (κ2) is 7.13. The Kier molecular flexibility index (Phi) is 5.82. The fourth-order valence-electron chi connectivity index (χ4n) is 1.50. The highest BCUT2D eigenvalue weighted by molar-refractivity contribution is 5.82. The molecule has 0 aliphatic carbocycles. The van der Waals surface area contributed by atoms with E-state index in [2.05, 4.69) is 5.32 Å². The smallest absolute Gasteiger partial charge is 0.241 e. The first-order valence-electron chi connectivity index (χ1n) is 6.22. The maximum Gasteiger partial charge on any atom is 0.241 e. The topological polar surface area (TPSA) is 64.4 Å². The molecule has 0 aromatic heterocycles. The number of hydrogen-bond acceptors (Lipinski definition) is 3. The van der Waals surface area contributed by atoms with Crippen LogP contribution >= 0.6 is 0 Å². The van der Waals surface area contributed by atoms with Crippen molar-refractivity contribution in [2.45, 2.75) is 32.9 Å². The van der Waals surface area contributed by atoms with E-state index >= 15 is 0 Å². The lowest BCUT2D eigenvalue weighted by Gasteiger charge is -2.13. The summed E-state index contributed by atoms with van der Waals surface area (Å²) in [5, 5.41) is 2.76. The third-order valence-corrected chi connectivity index (χ3v) is 2.57. The van der Waals surface area contributed by atoms with Gasteiger partial charge < -0.3 is 15.8 Å². The minimum Gasteiger partial charge on any atom is -0.377 e. The molecule has 18 heavy (non-hydrogen) atoms. The van der Waals surface area contributed by atoms with E-state index in [1.807, 2.05) is 45.0 Å². The first-order chi connectivity index (χ1) is 8.50. The van der Waals surface area contributed by atoms with Gasteiger partial charge in [-0.2, -0.15) is 0 Å². The van der Waals surface area contributed by atoms with Crippen LogP contribution in [0.1, 0.15) is 31.0 Å². The number of amides is 1. The third kappa shape index (κ3) is 4.85. The Bertz CT molecular complexity index is 374. The Morgan fingerprint density at radius 2 is 1.94 bits per heavy atom. The van der Waals surface area contributed by atoms with Gasteiger partial charge in [-0.1, -0.05) is 29.8 Å². The van der Waals surface area contributed by atoms with Gasteiger partial charge in [0.1, 0.15) is 6.04 Å². The molecule has 4 heteroatoms. The van der Waals surface area contributed by atoms with E-state index in [9.17, 15) is 4.79 Å². The average Bonchev–Trinajstić information content (AvgIpc) is 2.34. The molecule has 0 aliphatic heterocycles. The van der Waals surface area contributed by atoms with Crippen molar-refractivity contribution in [1.29, 1.82) is 0 Å². The van der Waals surface area contributed by atoms with E-state index in [-0.39, 0.29) is 12.0 Å². The molecule has 0 heterocycles. The summed E-state index contributed by atoms with van der Waals surface area (Å²) in [6.45, 7) is 6.90. The van der Waals surface area contributed by atoms with Gasteiger partial charge in [0.15, 0.2) is 0 Å². The predicted molar refractivity (Wildman–Crippen MR) is 72.2 cm³/mol. The van der Waals surface area contributed by atoms with Crippen LogP contribution in [0, 0.1) is 6.92 Å². The number of nitrogens with one attached hydrogen (secondary N) is 1. The van der Waals surface area contributed by atoms with Crippen molar-refractivity contribution in [3.05, 3.63) is 35.4 Å². The molecule has 1 unspecified atom stereocenters. The fourth-order valence-corrected chi connectivity index (χ4v) is 1.50. The monoisotopic (exact) mass is 250 g/mol. The zero-order valence-electron chi connectivity index (χ0n) is 11.3. The van der Waals surface area contributed by atoms with Crippen molar-refractivity contribution in [2.75, 3.05) is 13.2 Å². The maximum atomic E-state index is 11.8. The van der Waals surface area contributed by atoms with E-state index in [0.29, 0.717) is 13.2 Å². The van der Waals surface area contributed by atoms with Crippen LogP contribution in [-0.2, 0) is 9.53 Å². The molecular formula is C14H22N2O2. The molecule has 1 aromatic rings. The number of carbonyl (C=O) groups is 1. The molecule has 0 saturated heterocycles. The number of nitrogens with two attached hydrogens (primary N) is 1. The lowest BCUT2D eigenvalue weighted by atomic mass is 10.1. The molecule has 1 atom stereocenters. The summed E-state index contributed by atoms with van der Waals surface area (Å²) in [7, 11) is 0. The fraction of sp³-hybridized carbons (Fsp3) is 0.500. The van der Waals surface area contributed by atoms with Crippen LogP contribution in [0.3, 0.4) is 0 Å². The molecule has 0 saturated carbocycles. The molecule has 0 radical (unpaired) electrons. The molecule has 1 aromatic carbocycles. The minimum atomic E-state index is -0.621. The first-order valence-corrected chi connectivity index (χ1v) is 6.22. The third-order valence-electron chi connectivity index (χ3n) is 2.57. The summed E-state index contributed by atoms with van der Waals surface area (Å²) in [5.41, 5.74) is 7.85. The Labute approximate surface area is 109 Å². The van der Waals surface area contributed by atoms with Crippen LogP contribution in [-0.4, -0.2) is 25.2 Å². The van der Waals surface area contributed by atoms with E-state index < -0.39 is 6.04 Å². The zero-order valence-corrected chi connectivity index (χ0v) is 11.3. The van der Waals surface area contributed by atoms with Crippen molar-refractivity contribution in [3.8, 4) is 0 Å². The number of ether oxygens (including phenoxy) is 1. The number of benzene rings is 1. The van der Waals surface area contributed by atoms with E-state index in [1.165, 1.54) is 0 Å². The van der Waals surface area contributed by atoms with Gasteiger partial charge in [-0.05, 0) is 26.3 Å². The highest BCUT2D eigenvalue weighted by Gasteiger charge is 2.14. The van der Waals surface area contributed by atoms with Gasteiger partial charge in [0, 0.05) is 6.54 Å². The largest absolute Gasteiger partial charge is 0.377 e. The van der Waals surface area contributed by atoms with Crippen LogP contribution in [0.25, 0.3) is 0 Å². The van der Waals surface area contributed by atoms with Gasteiger partial charge in [0.25, 0.3) is 0 Å². The van der Waals surface area contributed by atoms with E-state index in [0.717, 1.165) is 11.1 Å². The summed E-state index contributed by atoms with van der Waals surface area (Å²) < 4.78 is 5.34. The van der Waals surface area contributed by atoms with Gasteiger partial charge in [-0.3, -0.25) is 4.79 Å². The lowest BCUT2D eigenvalue weighted by molar-refractivity contribution is -0.122. The van der Waals surface area contributed by atoms with Crippen molar-refractivity contribution in [1.82, 2.24) is 5.32 Å². The highest BCUT2D eigenvalue weighted by Crippen LogP contribution is 2.11. The minimum absolute atomic E-state index is 0.174. The number of rotatable bonds is 6. The quantitative estimate of drug-likeness (QED) is 0.753. The van der Waals surface area contributed by atoms with Crippen molar-refractivity contribution in [3.63, 3.8) is 0 Å². The first kappa shape index (κ1) is 14.7. The van der Waals surface area contributed by atoms with Crippen LogP contribution < -0.4 is 11.1 Å². The molecule has 0 fully saturated rings. The second-order valence-electron chi connectivity index (χ2n) is 4.60. The summed E-state index contributed by atoms with van der Waals surface area (Å²) in [5.74, 6) is -0.175. The molecule has 1 amide bonds. The van der Waals surface area contributed by atoms with E-state index in [4.69, 9.17) is 10.5 Å². The van der Waals surface area contributed by atoms with Gasteiger partial charge in [0.05, 0.1) is 12.7 Å². The lowest BCUT2D eigenvalue weighted by Crippen LogP contribution is -2.36. The molecule has 3 N–H and O–H groups in total. The van der Waals surface area contributed by atoms with Gasteiger partial charge in [-0.25, -0.2) is 0 Å². The Hall–Kier alpha value is -1.39. The van der Waals surface area contributed by atoms with Crippen molar-refractivity contribution >= 4 is 5.91 Å². The highest BCUT2D eigenvalue weighted by atomic mass is 16.5. The molecule has 100 valence electrons. The Morgan fingerprint density at radius 1 is 1.33 bits per heavy atom. The Balaban J connectivity index is 2.39. The molecule has 1 rings (SSSR count). The molecular weight excluding hydrogens is 228 g/mol. The van der Waals surface area contributed by atoms with Crippen LogP contribution in [0.4, 0.5) is 0 Å². The summed E-state index contributed by atoms with van der Waals surface area (Å²) in [6, 6.07) is 7.04. The SMILES string of the molecule is Cc1ccc(C(N)C(=O)NCCOC(C)C)cc1. The van der Waals surface area contributed by atoms with Crippen LogP contribution in [0.5, 0.6) is 0 Å². The molecule has 0 bridgehead atoms. The van der Waals surface area contributed by atoms with Gasteiger partial charge >= 0.3 is 0 Å². The molecule has 0 aliphatic rings. The Morgan fingerprint density at radius 3 is 2.50 bits per heavy atom. The summed E-state index contributed by atoms with van der Waals surface area (Å²) in [4.78, 5) is 11.8. The van der Waals surface area contributed by atoms with Crippen LogP contribution in [0.15, 0.2) is 24.3 Å². The van der Waals surface area contributed by atoms with Crippen molar-refractivity contribution < 1.29 is 9.53 Å². The standard InChI is InChI=1S/C14H22N2O2/c1-10(2)18-9-8-16-14(17)13(15)12-6-4-11(3)5-7-12/h4-7,10,13H,8-9,15H2,1-3H3,(H,16,17). The molecule has 4 nitrogen and oxygen atoms in total. The van der Waals surface area contributed by atoms with Gasteiger partial charge in [0.2, 0.25) is 5.91 Å². The zero-order chi connectivity index (χ0) is 13.5. The maximum absolute atomic E-state index is 11.8. The second-order valence-corrected chi connectivity index (χ2v) is 4.60. The normalized spacial score (nSPS) is 12.5. The number of aryl methyl sites for hydroxylation is 1.